The first kappa shape index (κ1) is 63.0. The van der Waals surface area contributed by atoms with E-state index in [2.05, 4.69) is 137 Å². The molecule has 0 spiro atoms. The van der Waals surface area contributed by atoms with Gasteiger partial charge >= 0.3 is 25.7 Å². The third kappa shape index (κ3) is 15.0. The number of nitrogens with zero attached hydrogens (tertiary/aromatic N) is 2. The summed E-state index contributed by atoms with van der Waals surface area (Å²) in [5.41, 5.74) is 2.09. The van der Waals surface area contributed by atoms with Gasteiger partial charge in [-0.15, -0.1) is 0 Å². The van der Waals surface area contributed by atoms with Gasteiger partial charge in [0.05, 0.1) is 0 Å². The van der Waals surface area contributed by atoms with Gasteiger partial charge in [-0.2, -0.15) is 0 Å². The molecule has 2 aliphatic heterocycles. The van der Waals surface area contributed by atoms with Crippen molar-refractivity contribution in [2.75, 3.05) is 6.54 Å². The van der Waals surface area contributed by atoms with Gasteiger partial charge in [0.25, 0.3) is 23.6 Å². The lowest BCUT2D eigenvalue weighted by Crippen LogP contribution is -2.51. The van der Waals surface area contributed by atoms with Crippen LogP contribution in [0.4, 0.5) is 0 Å². The van der Waals surface area contributed by atoms with Crippen LogP contribution in [0.3, 0.4) is 0 Å². The van der Waals surface area contributed by atoms with E-state index in [0.29, 0.717) is 58.8 Å². The summed E-state index contributed by atoms with van der Waals surface area (Å²) >= 11 is 0. The Kier molecular flexibility index (Phi) is 18.2. The molecule has 7 rings (SSSR count). The van der Waals surface area contributed by atoms with E-state index < -0.39 is 75.6 Å². The Hall–Kier alpha value is -2.61. The topological polar surface area (TPSA) is 130 Å². The minimum absolute atomic E-state index is 0.250. The third-order valence-corrected chi connectivity index (χ3v) is 45.1. The number of carbonyl (C=O) groups excluding carboxylic acids is 4. The van der Waals surface area contributed by atoms with Crippen molar-refractivity contribution in [3.63, 3.8) is 0 Å². The van der Waals surface area contributed by atoms with Crippen LogP contribution in [-0.4, -0.2) is 122 Å². The maximum absolute atomic E-state index is 15.2. The Labute approximate surface area is 476 Å². The van der Waals surface area contributed by atoms with Crippen LogP contribution in [-0.2, 0) is 24.7 Å². The fraction of sp³-hybridized carbons (Fsp3) is 0.579. The lowest BCUT2D eigenvalue weighted by atomic mass is 9.82. The van der Waals surface area contributed by atoms with E-state index in [9.17, 15) is 9.59 Å². The highest BCUT2D eigenvalue weighted by Gasteiger charge is 2.43. The van der Waals surface area contributed by atoms with E-state index in [4.69, 9.17) is 24.7 Å². The highest BCUT2D eigenvalue weighted by molar-refractivity contribution is 6.89. The van der Waals surface area contributed by atoms with Crippen molar-refractivity contribution in [2.45, 2.75) is 207 Å². The number of unbranched alkanes of at least 4 members (excludes halogenated alkanes) is 2. The fourth-order valence-electron chi connectivity index (χ4n) is 13.2. The molecule has 428 valence electrons. The highest BCUT2D eigenvalue weighted by atomic mass is 28.5. The van der Waals surface area contributed by atoms with Gasteiger partial charge in [-0.05, 0) is 231 Å². The van der Waals surface area contributed by atoms with Gasteiger partial charge in [0.2, 0.25) is 0 Å². The summed E-state index contributed by atoms with van der Waals surface area (Å²) < 4.78 is 40.2. The lowest BCUT2D eigenvalue weighted by Gasteiger charge is -2.38. The molecule has 21 heteroatoms. The largest absolute Gasteiger partial charge is 0.437 e. The summed E-state index contributed by atoms with van der Waals surface area (Å²) in [6, 6.07) is 18.0. The molecule has 0 aliphatic carbocycles. The van der Waals surface area contributed by atoms with E-state index in [0.717, 1.165) is 76.1 Å². The molecule has 5 aromatic carbocycles. The van der Waals surface area contributed by atoms with Crippen LogP contribution in [0.25, 0.3) is 43.1 Å². The molecule has 0 aromatic heterocycles. The van der Waals surface area contributed by atoms with Gasteiger partial charge in [0.1, 0.15) is 0 Å². The SMILES string of the molecule is C[Si](C)(C)O[Si](C)(C)O[Si](C)(C)CCCCC(CCCC[Si](C)(C)O[Si](C)(C)O[Si](C)(C)C)N1C(=O)c2ccc3c4ccc5c6c(ccc(c7ccc(c2c37)C1=O)c64)C(=O)N(CCC[Si](C)(C)O[Si](C)(C)O[Si](C)(C)C)C5=O. The van der Waals surface area contributed by atoms with Gasteiger partial charge < -0.3 is 24.7 Å². The predicted octanol–water partition coefficient (Wildman–Crippen LogP) is 16.4. The number of imide groups is 2. The molecule has 5 aromatic rings. The predicted molar refractivity (Wildman–Crippen MR) is 345 cm³/mol. The molecule has 78 heavy (non-hydrogen) atoms. The fourth-order valence-corrected chi connectivity index (χ4v) is 53.0. The number of rotatable bonds is 27. The summed E-state index contributed by atoms with van der Waals surface area (Å²) in [4.78, 5) is 62.3. The Morgan fingerprint density at radius 3 is 0.923 bits per heavy atom. The molecule has 0 radical (unpaired) electrons. The van der Waals surface area contributed by atoms with E-state index >= 15 is 9.59 Å². The van der Waals surface area contributed by atoms with Crippen molar-refractivity contribution >= 4 is 142 Å². The zero-order valence-corrected chi connectivity index (χ0v) is 60.5. The van der Waals surface area contributed by atoms with Crippen molar-refractivity contribution < 1.29 is 43.9 Å². The lowest BCUT2D eigenvalue weighted by molar-refractivity contribution is 0.0515. The maximum Gasteiger partial charge on any atom is 0.311 e. The number of fused-ring (bicyclic) bond motifs is 2. The normalized spacial score (nSPS) is 15.8. The summed E-state index contributed by atoms with van der Waals surface area (Å²) in [5.74, 6) is -1.08. The van der Waals surface area contributed by atoms with Crippen molar-refractivity contribution in [1.82, 2.24) is 9.80 Å². The van der Waals surface area contributed by atoms with E-state index in [-0.39, 0.29) is 29.7 Å². The van der Waals surface area contributed by atoms with E-state index in [1.54, 1.807) is 4.90 Å². The van der Waals surface area contributed by atoms with Crippen molar-refractivity contribution in [3.05, 3.63) is 70.8 Å². The van der Waals surface area contributed by atoms with Crippen LogP contribution in [0.5, 0.6) is 0 Å². The second-order valence-corrected chi connectivity index (χ2v) is 66.6. The van der Waals surface area contributed by atoms with Gasteiger partial charge in [-0.1, -0.05) is 49.9 Å². The quantitative estimate of drug-likeness (QED) is 0.0165. The summed E-state index contributed by atoms with van der Waals surface area (Å²) in [6.07, 6.45) is 5.69. The van der Waals surface area contributed by atoms with Gasteiger partial charge in [0, 0.05) is 45.6 Å². The van der Waals surface area contributed by atoms with E-state index in [1.165, 1.54) is 4.90 Å². The molecule has 2 aliphatic rings. The maximum atomic E-state index is 15.2. The number of benzene rings is 5. The highest BCUT2D eigenvalue weighted by Crippen LogP contribution is 2.47. The minimum Gasteiger partial charge on any atom is -0.437 e. The smallest absolute Gasteiger partial charge is 0.311 e. The molecule has 0 atom stereocenters. The standard InChI is InChI=1S/C57H94N2O10Si9/c1-70(2,3)64-76(16,17)67-73(10,11)38-24-22-27-41(28-23-25-39-74(12,13)68-77(18,19)65-71(4,5)6)59-56(62)48-35-31-44-42-29-33-46-52-47(34-30-43(50(42)52)45-32-36-49(57(59)63)53(48)51(44)45)55(61)58(54(46)60)37-26-40-75(14,15)69-78(20,21)66-72(7,8)9/h29-36,41H,22-28,37-40H2,1-21H3. The Bertz CT molecular complexity index is 2930. The van der Waals surface area contributed by atoms with Crippen molar-refractivity contribution in [2.24, 2.45) is 0 Å². The third-order valence-electron chi connectivity index (χ3n) is 14.6. The Balaban J connectivity index is 1.16. The molecule has 0 unspecified atom stereocenters. The Morgan fingerprint density at radius 1 is 0.346 bits per heavy atom. The van der Waals surface area contributed by atoms with Gasteiger partial charge in [-0.3, -0.25) is 29.0 Å². The number of carbonyl (C=O) groups is 4. The van der Waals surface area contributed by atoms with Crippen molar-refractivity contribution in [1.29, 1.82) is 0 Å². The molecular weight excluding hydrogens is 1130 g/mol. The van der Waals surface area contributed by atoms with Crippen LogP contribution in [0.15, 0.2) is 48.5 Å². The molecule has 2 heterocycles. The Morgan fingerprint density at radius 2 is 0.628 bits per heavy atom. The van der Waals surface area contributed by atoms with Crippen LogP contribution in [0.1, 0.15) is 86.4 Å². The molecule has 0 fully saturated rings. The number of hydrogen-bond acceptors (Lipinski definition) is 10. The number of hydrogen-bond donors (Lipinski definition) is 0. The van der Waals surface area contributed by atoms with Gasteiger partial charge in [0.15, 0.2) is 49.9 Å². The second kappa shape index (κ2) is 22.5. The monoisotopic (exact) mass is 1220 g/mol. The zero-order chi connectivity index (χ0) is 58.1. The molecule has 0 saturated heterocycles. The molecule has 12 nitrogen and oxygen atoms in total. The van der Waals surface area contributed by atoms with Crippen molar-refractivity contribution in [3.8, 4) is 0 Å². The molecule has 0 bridgehead atoms. The first-order valence-corrected chi connectivity index (χ1v) is 56.8. The molecular formula is C57H94N2O10Si9. The summed E-state index contributed by atoms with van der Waals surface area (Å²) in [7, 11) is -18.6. The molecule has 0 N–H and O–H groups in total. The average molecular weight is 1220 g/mol. The van der Waals surface area contributed by atoms with E-state index in [1.807, 2.05) is 48.5 Å². The summed E-state index contributed by atoms with van der Waals surface area (Å²) in [6.45, 7) is 46.7. The van der Waals surface area contributed by atoms with Gasteiger partial charge in [-0.25, -0.2) is 0 Å². The zero-order valence-electron chi connectivity index (χ0n) is 51.5. The van der Waals surface area contributed by atoms with Crippen LogP contribution >= 0.6 is 0 Å². The first-order valence-electron chi connectivity index (χ1n) is 28.8. The molecule has 4 amide bonds. The van der Waals surface area contributed by atoms with Crippen LogP contribution in [0, 0.1) is 0 Å². The first-order chi connectivity index (χ1) is 35.6. The minimum atomic E-state index is -2.35. The average Bonchev–Trinajstić information content (AvgIpc) is 3.36. The number of amides is 4. The van der Waals surface area contributed by atoms with Crippen LogP contribution < -0.4 is 0 Å². The summed E-state index contributed by atoms with van der Waals surface area (Å²) in [5, 5.41) is 6.59. The molecule has 0 saturated carbocycles. The second-order valence-electron chi connectivity index (χ2n) is 28.6. The van der Waals surface area contributed by atoms with Crippen LogP contribution in [0.2, 0.25) is 156 Å².